The summed E-state index contributed by atoms with van der Waals surface area (Å²) in [6.45, 7) is 1.94. The molecule has 0 radical (unpaired) electrons. The van der Waals surface area contributed by atoms with Crippen LogP contribution < -0.4 is 10.9 Å². The zero-order valence-electron chi connectivity index (χ0n) is 15.8. The van der Waals surface area contributed by atoms with E-state index in [2.05, 4.69) is 10.3 Å². The standard InChI is InChI=1S/C21H21N3O3S/c1-3-6-19(26)22-15-11-9-14(10-12-15)18(25)13-28-21-23-17-8-5-4-7-16(17)20(27)24(21)2/h4-5,7-12H,3,6,13H2,1-2H3,(H,22,26). The normalized spacial score (nSPS) is 10.8. The van der Waals surface area contributed by atoms with E-state index in [0.717, 1.165) is 6.42 Å². The Balaban J connectivity index is 1.69. The van der Waals surface area contributed by atoms with Gasteiger partial charge < -0.3 is 5.32 Å². The molecule has 1 N–H and O–H groups in total. The predicted molar refractivity (Wildman–Crippen MR) is 112 cm³/mol. The topological polar surface area (TPSA) is 81.1 Å². The lowest BCUT2D eigenvalue weighted by molar-refractivity contribution is -0.116. The average molecular weight is 395 g/mol. The number of hydrogen-bond donors (Lipinski definition) is 1. The van der Waals surface area contributed by atoms with Gasteiger partial charge in [0.1, 0.15) is 0 Å². The molecule has 0 aliphatic heterocycles. The second-order valence-corrected chi connectivity index (χ2v) is 7.31. The Morgan fingerprint density at radius 2 is 1.82 bits per heavy atom. The molecule has 1 amide bonds. The molecule has 2 aromatic carbocycles. The van der Waals surface area contributed by atoms with Crippen LogP contribution >= 0.6 is 11.8 Å². The molecule has 144 valence electrons. The summed E-state index contributed by atoms with van der Waals surface area (Å²) in [7, 11) is 1.66. The number of thioether (sulfide) groups is 1. The molecule has 0 atom stereocenters. The van der Waals surface area contributed by atoms with E-state index in [-0.39, 0.29) is 23.0 Å². The maximum absolute atomic E-state index is 12.5. The van der Waals surface area contributed by atoms with Crippen molar-refractivity contribution in [1.29, 1.82) is 0 Å². The summed E-state index contributed by atoms with van der Waals surface area (Å²) in [4.78, 5) is 41.0. The summed E-state index contributed by atoms with van der Waals surface area (Å²) in [5.74, 6) is 0.0550. The van der Waals surface area contributed by atoms with Crippen molar-refractivity contribution in [1.82, 2.24) is 9.55 Å². The van der Waals surface area contributed by atoms with Crippen LogP contribution in [0.15, 0.2) is 58.5 Å². The van der Waals surface area contributed by atoms with Gasteiger partial charge in [-0.1, -0.05) is 30.8 Å². The molecule has 6 nitrogen and oxygen atoms in total. The maximum atomic E-state index is 12.5. The highest BCUT2D eigenvalue weighted by molar-refractivity contribution is 7.99. The van der Waals surface area contributed by atoms with Gasteiger partial charge in [-0.05, 0) is 42.8 Å². The van der Waals surface area contributed by atoms with Crippen molar-refractivity contribution in [2.24, 2.45) is 7.05 Å². The number of carbonyl (C=O) groups excluding carboxylic acids is 2. The SMILES string of the molecule is CCCC(=O)Nc1ccc(C(=O)CSc2nc3ccccc3c(=O)n2C)cc1. The summed E-state index contributed by atoms with van der Waals surface area (Å²) < 4.78 is 1.46. The van der Waals surface area contributed by atoms with E-state index >= 15 is 0 Å². The van der Waals surface area contributed by atoms with E-state index in [1.807, 2.05) is 13.0 Å². The minimum Gasteiger partial charge on any atom is -0.326 e. The number of rotatable bonds is 7. The first-order valence-corrected chi connectivity index (χ1v) is 10.00. The Hall–Kier alpha value is -2.93. The number of nitrogens with one attached hydrogen (secondary N) is 1. The first-order chi connectivity index (χ1) is 13.5. The number of carbonyl (C=O) groups is 2. The fourth-order valence-corrected chi connectivity index (χ4v) is 3.60. The van der Waals surface area contributed by atoms with E-state index in [1.54, 1.807) is 49.5 Å². The molecule has 0 bridgehead atoms. The lowest BCUT2D eigenvalue weighted by Crippen LogP contribution is -2.20. The van der Waals surface area contributed by atoms with Gasteiger partial charge in [-0.25, -0.2) is 4.98 Å². The Bertz CT molecular complexity index is 1070. The minimum atomic E-state index is -0.132. The predicted octanol–water partition coefficient (Wildman–Crippen LogP) is 3.65. The third kappa shape index (κ3) is 4.48. The summed E-state index contributed by atoms with van der Waals surface area (Å²) in [5, 5.41) is 3.85. The molecule has 3 rings (SSSR count). The number of benzene rings is 2. The van der Waals surface area contributed by atoms with Crippen LogP contribution in [-0.2, 0) is 11.8 Å². The fraction of sp³-hybridized carbons (Fsp3) is 0.238. The number of para-hydroxylation sites is 1. The number of hydrogen-bond acceptors (Lipinski definition) is 5. The van der Waals surface area contributed by atoms with Crippen molar-refractivity contribution in [2.75, 3.05) is 11.1 Å². The maximum Gasteiger partial charge on any atom is 0.261 e. The van der Waals surface area contributed by atoms with Crippen molar-refractivity contribution in [3.8, 4) is 0 Å². The van der Waals surface area contributed by atoms with Crippen LogP contribution in [-0.4, -0.2) is 27.0 Å². The van der Waals surface area contributed by atoms with Gasteiger partial charge in [-0.2, -0.15) is 0 Å². The monoisotopic (exact) mass is 395 g/mol. The van der Waals surface area contributed by atoms with Crippen LogP contribution in [0.25, 0.3) is 10.9 Å². The molecule has 1 aromatic heterocycles. The quantitative estimate of drug-likeness (QED) is 0.375. The lowest BCUT2D eigenvalue weighted by atomic mass is 10.1. The van der Waals surface area contributed by atoms with Gasteiger partial charge in [-0.3, -0.25) is 19.0 Å². The van der Waals surface area contributed by atoms with Crippen LogP contribution in [0.3, 0.4) is 0 Å². The van der Waals surface area contributed by atoms with Crippen molar-refractivity contribution in [3.63, 3.8) is 0 Å². The molecule has 0 aliphatic rings. The lowest BCUT2D eigenvalue weighted by Gasteiger charge is -2.09. The molecule has 0 fully saturated rings. The second-order valence-electron chi connectivity index (χ2n) is 6.36. The molecule has 1 heterocycles. The minimum absolute atomic E-state index is 0.0413. The molecule has 0 spiro atoms. The van der Waals surface area contributed by atoms with Crippen LogP contribution in [0.4, 0.5) is 5.69 Å². The smallest absolute Gasteiger partial charge is 0.261 e. The van der Waals surface area contributed by atoms with E-state index in [9.17, 15) is 14.4 Å². The van der Waals surface area contributed by atoms with Crippen molar-refractivity contribution in [2.45, 2.75) is 24.9 Å². The molecule has 0 unspecified atom stereocenters. The number of amides is 1. The first-order valence-electron chi connectivity index (χ1n) is 9.01. The van der Waals surface area contributed by atoms with E-state index in [1.165, 1.54) is 16.3 Å². The van der Waals surface area contributed by atoms with Crippen LogP contribution in [0.2, 0.25) is 0 Å². The molecule has 0 saturated heterocycles. The van der Waals surface area contributed by atoms with Gasteiger partial charge in [0.05, 0.1) is 16.7 Å². The number of Topliss-reactive ketones (excluding diaryl/α,β-unsaturated/α-hetero) is 1. The van der Waals surface area contributed by atoms with Gasteiger partial charge >= 0.3 is 0 Å². The molecule has 28 heavy (non-hydrogen) atoms. The van der Waals surface area contributed by atoms with Gasteiger partial charge in [0.25, 0.3) is 5.56 Å². The first kappa shape index (κ1) is 19.8. The molecule has 0 aliphatic carbocycles. The highest BCUT2D eigenvalue weighted by Gasteiger charge is 2.12. The Labute approximate surface area is 167 Å². The highest BCUT2D eigenvalue weighted by Crippen LogP contribution is 2.19. The molecular formula is C21H21N3O3S. The molecule has 0 saturated carbocycles. The van der Waals surface area contributed by atoms with Gasteiger partial charge in [-0.15, -0.1) is 0 Å². The number of nitrogens with zero attached hydrogens (tertiary/aromatic N) is 2. The largest absolute Gasteiger partial charge is 0.326 e. The average Bonchev–Trinajstić information content (AvgIpc) is 2.70. The third-order valence-electron chi connectivity index (χ3n) is 4.24. The van der Waals surface area contributed by atoms with Gasteiger partial charge in [0, 0.05) is 24.7 Å². The Morgan fingerprint density at radius 1 is 1.11 bits per heavy atom. The molecule has 7 heteroatoms. The number of anilines is 1. The second kappa shape index (κ2) is 8.84. The Kier molecular flexibility index (Phi) is 6.26. The Morgan fingerprint density at radius 3 is 2.54 bits per heavy atom. The third-order valence-corrected chi connectivity index (χ3v) is 5.27. The van der Waals surface area contributed by atoms with Crippen molar-refractivity contribution in [3.05, 3.63) is 64.4 Å². The van der Waals surface area contributed by atoms with Crippen molar-refractivity contribution >= 4 is 40.0 Å². The zero-order chi connectivity index (χ0) is 20.1. The van der Waals surface area contributed by atoms with E-state index < -0.39 is 0 Å². The summed E-state index contributed by atoms with van der Waals surface area (Å²) in [5.41, 5.74) is 1.70. The highest BCUT2D eigenvalue weighted by atomic mass is 32.2. The van der Waals surface area contributed by atoms with E-state index in [0.29, 0.717) is 33.7 Å². The van der Waals surface area contributed by atoms with E-state index in [4.69, 9.17) is 0 Å². The molecule has 3 aromatic rings. The molecular weight excluding hydrogens is 374 g/mol. The summed E-state index contributed by atoms with van der Waals surface area (Å²) >= 11 is 1.23. The zero-order valence-corrected chi connectivity index (χ0v) is 16.6. The number of fused-ring (bicyclic) bond motifs is 1. The number of ketones is 1. The van der Waals surface area contributed by atoms with Crippen molar-refractivity contribution < 1.29 is 9.59 Å². The summed E-state index contributed by atoms with van der Waals surface area (Å²) in [6.07, 6.45) is 1.25. The number of aromatic nitrogens is 2. The van der Waals surface area contributed by atoms with Crippen LogP contribution in [0.1, 0.15) is 30.1 Å². The van der Waals surface area contributed by atoms with Crippen LogP contribution in [0.5, 0.6) is 0 Å². The van der Waals surface area contributed by atoms with Gasteiger partial charge in [0.2, 0.25) is 5.91 Å². The van der Waals surface area contributed by atoms with Crippen LogP contribution in [0, 0.1) is 0 Å². The fourth-order valence-electron chi connectivity index (χ4n) is 2.73. The summed E-state index contributed by atoms with van der Waals surface area (Å²) in [6, 6.07) is 14.0. The van der Waals surface area contributed by atoms with Gasteiger partial charge in [0.15, 0.2) is 10.9 Å².